The van der Waals surface area contributed by atoms with Crippen LogP contribution in [0.25, 0.3) is 0 Å². The molecule has 0 aliphatic heterocycles. The van der Waals surface area contributed by atoms with Crippen LogP contribution in [-0.4, -0.2) is 12.1 Å². The summed E-state index contributed by atoms with van der Waals surface area (Å²) in [5.41, 5.74) is 1.39. The molecule has 0 amide bonds. The summed E-state index contributed by atoms with van der Waals surface area (Å²) in [6.07, 6.45) is 5.62. The van der Waals surface area contributed by atoms with E-state index in [0.717, 1.165) is 6.42 Å². The van der Waals surface area contributed by atoms with E-state index in [-0.39, 0.29) is 10.5 Å². The highest BCUT2D eigenvalue weighted by Gasteiger charge is 2.10. The van der Waals surface area contributed by atoms with Crippen molar-refractivity contribution >= 4 is 16.4 Å². The van der Waals surface area contributed by atoms with Crippen molar-refractivity contribution in [2.45, 2.75) is 26.2 Å². The molecule has 82 valence electrons. The van der Waals surface area contributed by atoms with Crippen LogP contribution in [-0.2, 0) is 0 Å². The Balaban J connectivity index is 2.96. The number of benzene rings is 1. The van der Waals surface area contributed by atoms with Gasteiger partial charge in [-0.1, -0.05) is 56.1 Å². The third-order valence-corrected chi connectivity index (χ3v) is 3.86. The average Bonchev–Trinajstić information content (AvgIpc) is 2.26. The van der Waals surface area contributed by atoms with E-state index in [1.54, 1.807) is 0 Å². The molecule has 0 aliphatic carbocycles. The van der Waals surface area contributed by atoms with Crippen molar-refractivity contribution in [1.82, 2.24) is 0 Å². The zero-order valence-electron chi connectivity index (χ0n) is 9.86. The lowest BCUT2D eigenvalue weighted by Crippen LogP contribution is -1.96. The van der Waals surface area contributed by atoms with Gasteiger partial charge >= 0.3 is 0 Å². The highest BCUT2D eigenvalue weighted by Crippen LogP contribution is 2.34. The fraction of sp³-hybridized carbons (Fsp3) is 0.357. The Bertz CT molecular complexity index is 349. The van der Waals surface area contributed by atoms with Crippen molar-refractivity contribution in [3.05, 3.63) is 46.9 Å². The first-order chi connectivity index (χ1) is 7.16. The lowest BCUT2D eigenvalue weighted by molar-refractivity contribution is 0.940. The minimum atomic E-state index is 0.127. The van der Waals surface area contributed by atoms with Crippen molar-refractivity contribution in [2.75, 3.05) is 6.26 Å². The molecule has 0 spiro atoms. The van der Waals surface area contributed by atoms with Crippen LogP contribution in [0.5, 0.6) is 0 Å². The molecule has 0 heterocycles. The normalized spacial score (nSPS) is 16.1. The molecular formula is C14H20S. The van der Waals surface area contributed by atoms with Gasteiger partial charge in [-0.05, 0) is 23.1 Å². The van der Waals surface area contributed by atoms with Gasteiger partial charge in [0.2, 0.25) is 0 Å². The van der Waals surface area contributed by atoms with Crippen LogP contribution in [0.1, 0.15) is 31.7 Å². The van der Waals surface area contributed by atoms with E-state index in [0.29, 0.717) is 5.92 Å². The van der Waals surface area contributed by atoms with Crippen molar-refractivity contribution in [3.63, 3.8) is 0 Å². The lowest BCUT2D eigenvalue weighted by atomic mass is 10.0. The third kappa shape index (κ3) is 3.35. The predicted molar refractivity (Wildman–Crippen MR) is 73.9 cm³/mol. The van der Waals surface area contributed by atoms with Crippen molar-refractivity contribution in [1.29, 1.82) is 0 Å². The fourth-order valence-electron chi connectivity index (χ4n) is 1.73. The second-order valence-corrected chi connectivity index (χ2v) is 5.53. The smallest absolute Gasteiger partial charge is 0.0113 e. The minimum Gasteiger partial charge on any atom is -0.169 e. The lowest BCUT2D eigenvalue weighted by Gasteiger charge is -2.17. The molecule has 1 aromatic rings. The molecule has 2 atom stereocenters. The van der Waals surface area contributed by atoms with Gasteiger partial charge in [-0.2, -0.15) is 10.5 Å². The summed E-state index contributed by atoms with van der Waals surface area (Å²) < 4.78 is 0. The molecule has 0 saturated carbocycles. The van der Waals surface area contributed by atoms with E-state index in [9.17, 15) is 0 Å². The number of allylic oxidation sites excluding steroid dienone is 2. The summed E-state index contributed by atoms with van der Waals surface area (Å²) in [6.45, 7) is 4.45. The Morgan fingerprint density at radius 2 is 2.00 bits per heavy atom. The summed E-state index contributed by atoms with van der Waals surface area (Å²) in [5.74, 6) is 4.66. The fourth-order valence-corrected chi connectivity index (χ4v) is 2.92. The predicted octanol–water partition coefficient (Wildman–Crippen LogP) is 4.41. The Morgan fingerprint density at radius 3 is 2.47 bits per heavy atom. The monoisotopic (exact) mass is 220 g/mol. The van der Waals surface area contributed by atoms with Gasteiger partial charge in [0.1, 0.15) is 0 Å². The maximum absolute atomic E-state index is 4.16. The van der Waals surface area contributed by atoms with E-state index in [1.807, 2.05) is 0 Å². The van der Waals surface area contributed by atoms with Crippen LogP contribution in [0.2, 0.25) is 0 Å². The molecule has 1 heteroatoms. The van der Waals surface area contributed by atoms with Gasteiger partial charge in [-0.25, -0.2) is 0 Å². The SMILES string of the molecule is C=S(C)/C(=C\CC)[C@@H](C)c1ccccc1. The molecule has 15 heavy (non-hydrogen) atoms. The second kappa shape index (κ2) is 5.92. The van der Waals surface area contributed by atoms with Crippen molar-refractivity contribution in [2.24, 2.45) is 0 Å². The Hall–Kier alpha value is -0.820. The van der Waals surface area contributed by atoms with E-state index in [1.165, 1.54) is 10.5 Å². The standard InChI is InChI=1S/C14H20S/c1-5-9-14(15(3)4)12(2)13-10-7-6-8-11-13/h6-12H,3,5H2,1-2,4H3/b14-9-/t12-,15?/m0/s1. The molecular weight excluding hydrogens is 200 g/mol. The van der Waals surface area contributed by atoms with Crippen LogP contribution in [0.3, 0.4) is 0 Å². The summed E-state index contributed by atoms with van der Waals surface area (Å²) in [7, 11) is 0.127. The maximum atomic E-state index is 4.16. The Kier molecular flexibility index (Phi) is 4.83. The summed E-state index contributed by atoms with van der Waals surface area (Å²) in [4.78, 5) is 1.48. The van der Waals surface area contributed by atoms with Gasteiger partial charge in [0, 0.05) is 5.92 Å². The van der Waals surface area contributed by atoms with Crippen LogP contribution in [0, 0.1) is 0 Å². The largest absolute Gasteiger partial charge is 0.169 e. The van der Waals surface area contributed by atoms with Gasteiger partial charge in [0.25, 0.3) is 0 Å². The molecule has 0 nitrogen and oxygen atoms in total. The Labute approximate surface area is 96.0 Å². The van der Waals surface area contributed by atoms with E-state index in [4.69, 9.17) is 0 Å². The number of hydrogen-bond donors (Lipinski definition) is 0. The van der Waals surface area contributed by atoms with Gasteiger partial charge in [0.15, 0.2) is 0 Å². The number of hydrogen-bond acceptors (Lipinski definition) is 0. The van der Waals surface area contributed by atoms with Gasteiger partial charge in [-0.3, -0.25) is 0 Å². The van der Waals surface area contributed by atoms with E-state index in [2.05, 4.69) is 62.4 Å². The molecule has 1 aromatic carbocycles. The van der Waals surface area contributed by atoms with Crippen LogP contribution in [0.4, 0.5) is 0 Å². The molecule has 1 unspecified atom stereocenters. The average molecular weight is 220 g/mol. The molecule has 0 fully saturated rings. The van der Waals surface area contributed by atoms with Gasteiger partial charge in [-0.15, -0.1) is 0 Å². The zero-order valence-corrected chi connectivity index (χ0v) is 10.7. The molecule has 0 aromatic heterocycles. The second-order valence-electron chi connectivity index (χ2n) is 3.78. The van der Waals surface area contributed by atoms with Crippen LogP contribution >= 0.6 is 10.5 Å². The highest BCUT2D eigenvalue weighted by atomic mass is 32.2. The van der Waals surface area contributed by atoms with E-state index >= 15 is 0 Å². The first-order valence-electron chi connectivity index (χ1n) is 5.37. The maximum Gasteiger partial charge on any atom is 0.0113 e. The van der Waals surface area contributed by atoms with Gasteiger partial charge in [0.05, 0.1) is 0 Å². The first kappa shape index (κ1) is 12.3. The van der Waals surface area contributed by atoms with Crippen molar-refractivity contribution < 1.29 is 0 Å². The summed E-state index contributed by atoms with van der Waals surface area (Å²) >= 11 is 0. The molecule has 0 saturated heterocycles. The molecule has 0 N–H and O–H groups in total. The molecule has 0 aliphatic rings. The molecule has 0 radical (unpaired) electrons. The first-order valence-corrected chi connectivity index (χ1v) is 7.17. The molecule has 0 bridgehead atoms. The third-order valence-electron chi connectivity index (χ3n) is 2.53. The van der Waals surface area contributed by atoms with Gasteiger partial charge < -0.3 is 0 Å². The summed E-state index contributed by atoms with van der Waals surface area (Å²) in [6, 6.07) is 10.7. The van der Waals surface area contributed by atoms with Crippen molar-refractivity contribution in [3.8, 4) is 0 Å². The highest BCUT2D eigenvalue weighted by molar-refractivity contribution is 8.16. The number of rotatable bonds is 4. The molecule has 1 rings (SSSR count). The van der Waals surface area contributed by atoms with E-state index < -0.39 is 0 Å². The minimum absolute atomic E-state index is 0.127. The quantitative estimate of drug-likeness (QED) is 0.659. The van der Waals surface area contributed by atoms with Crippen LogP contribution in [0.15, 0.2) is 41.3 Å². The Morgan fingerprint density at radius 1 is 1.40 bits per heavy atom. The zero-order chi connectivity index (χ0) is 11.3. The van der Waals surface area contributed by atoms with Crippen LogP contribution < -0.4 is 0 Å². The topological polar surface area (TPSA) is 0 Å². The summed E-state index contributed by atoms with van der Waals surface area (Å²) in [5, 5.41) is 0.